The van der Waals surface area contributed by atoms with E-state index in [-0.39, 0.29) is 5.96 Å². The predicted molar refractivity (Wildman–Crippen MR) is 75.7 cm³/mol. The minimum Gasteiger partial charge on any atom is -0.370 e. The molecule has 0 unspecified atom stereocenters. The average Bonchev–Trinajstić information content (AvgIpc) is 2.74. The fourth-order valence-electron chi connectivity index (χ4n) is 2.05. The summed E-state index contributed by atoms with van der Waals surface area (Å²) in [5, 5.41) is 0.980. The highest BCUT2D eigenvalue weighted by atomic mass is 16.1. The second-order valence-electron chi connectivity index (χ2n) is 4.22. The number of aromatic nitrogens is 1. The van der Waals surface area contributed by atoms with Crippen molar-refractivity contribution in [3.05, 3.63) is 36.0 Å². The van der Waals surface area contributed by atoms with Crippen molar-refractivity contribution in [1.29, 1.82) is 0 Å². The summed E-state index contributed by atoms with van der Waals surface area (Å²) in [5.41, 5.74) is 17.5. The summed E-state index contributed by atoms with van der Waals surface area (Å²) in [5.74, 6) is -0.672. The number of nitrogens with two attached hydrogens (primary N) is 3. The minimum absolute atomic E-state index is 0.236. The van der Waals surface area contributed by atoms with Gasteiger partial charge >= 0.3 is 0 Å². The molecule has 0 atom stereocenters. The van der Waals surface area contributed by atoms with Gasteiger partial charge in [0.2, 0.25) is 0 Å². The maximum atomic E-state index is 12.0. The number of carbonyl (C=O) groups excluding carboxylic acids is 1. The van der Waals surface area contributed by atoms with Crippen LogP contribution >= 0.6 is 0 Å². The SMILES string of the molecule is NCCCn1c(C(=O)N=C(N)N)cc2ccccc21. The van der Waals surface area contributed by atoms with Gasteiger partial charge < -0.3 is 21.8 Å². The molecule has 19 heavy (non-hydrogen) atoms. The molecule has 1 aromatic heterocycles. The van der Waals surface area contributed by atoms with Gasteiger partial charge in [-0.05, 0) is 25.1 Å². The van der Waals surface area contributed by atoms with Crippen LogP contribution in [0.25, 0.3) is 10.9 Å². The molecule has 2 aromatic rings. The summed E-state index contributed by atoms with van der Waals surface area (Å²) in [6, 6.07) is 9.54. The number of amides is 1. The Morgan fingerprint density at radius 1 is 1.26 bits per heavy atom. The number of carbonyl (C=O) groups is 1. The van der Waals surface area contributed by atoms with Crippen LogP contribution < -0.4 is 17.2 Å². The quantitative estimate of drug-likeness (QED) is 0.545. The number of hydrogen-bond donors (Lipinski definition) is 3. The topological polar surface area (TPSA) is 112 Å². The van der Waals surface area contributed by atoms with E-state index in [1.807, 2.05) is 28.8 Å². The fraction of sp³-hybridized carbons (Fsp3) is 0.231. The Hall–Kier alpha value is -2.34. The van der Waals surface area contributed by atoms with E-state index >= 15 is 0 Å². The number of guanidine groups is 1. The van der Waals surface area contributed by atoms with Gasteiger partial charge in [0.25, 0.3) is 5.91 Å². The molecule has 1 heterocycles. The Morgan fingerprint density at radius 3 is 2.68 bits per heavy atom. The first-order chi connectivity index (χ1) is 9.13. The lowest BCUT2D eigenvalue weighted by molar-refractivity contribution is 0.0994. The highest BCUT2D eigenvalue weighted by molar-refractivity contribution is 6.04. The molecular weight excluding hydrogens is 242 g/mol. The Morgan fingerprint density at radius 2 is 2.00 bits per heavy atom. The van der Waals surface area contributed by atoms with E-state index in [0.29, 0.717) is 18.8 Å². The molecule has 100 valence electrons. The van der Waals surface area contributed by atoms with Crippen LogP contribution in [-0.4, -0.2) is 23.0 Å². The van der Waals surface area contributed by atoms with Crippen LogP contribution in [0, 0.1) is 0 Å². The van der Waals surface area contributed by atoms with Crippen molar-refractivity contribution in [3.63, 3.8) is 0 Å². The van der Waals surface area contributed by atoms with E-state index in [1.165, 1.54) is 0 Å². The molecular formula is C13H17N5O. The van der Waals surface area contributed by atoms with E-state index in [2.05, 4.69) is 4.99 Å². The number of nitrogens with zero attached hydrogens (tertiary/aromatic N) is 2. The molecule has 0 saturated heterocycles. The molecule has 6 N–H and O–H groups in total. The first-order valence-corrected chi connectivity index (χ1v) is 6.06. The second-order valence-corrected chi connectivity index (χ2v) is 4.22. The zero-order valence-corrected chi connectivity index (χ0v) is 10.5. The number of aryl methyl sites for hydroxylation is 1. The molecule has 0 radical (unpaired) electrons. The van der Waals surface area contributed by atoms with Crippen LogP contribution in [0.15, 0.2) is 35.3 Å². The van der Waals surface area contributed by atoms with Crippen LogP contribution in [0.3, 0.4) is 0 Å². The number of fused-ring (bicyclic) bond motifs is 1. The molecule has 0 fully saturated rings. The van der Waals surface area contributed by atoms with Gasteiger partial charge in [-0.1, -0.05) is 18.2 Å². The van der Waals surface area contributed by atoms with Crippen LogP contribution in [0.1, 0.15) is 16.9 Å². The lowest BCUT2D eigenvalue weighted by Crippen LogP contribution is -2.24. The third-order valence-corrected chi connectivity index (χ3v) is 2.85. The van der Waals surface area contributed by atoms with Crippen LogP contribution in [-0.2, 0) is 6.54 Å². The minimum atomic E-state index is -0.437. The monoisotopic (exact) mass is 259 g/mol. The lowest BCUT2D eigenvalue weighted by Gasteiger charge is -2.07. The molecule has 0 bridgehead atoms. The van der Waals surface area contributed by atoms with Crippen LogP contribution in [0.2, 0.25) is 0 Å². The Bertz CT molecular complexity index is 625. The molecule has 1 amide bonds. The lowest BCUT2D eigenvalue weighted by atomic mass is 10.2. The summed E-state index contributed by atoms with van der Waals surface area (Å²) in [7, 11) is 0. The van der Waals surface area contributed by atoms with Gasteiger partial charge in [0.1, 0.15) is 5.69 Å². The maximum Gasteiger partial charge on any atom is 0.296 e. The van der Waals surface area contributed by atoms with Crippen molar-refractivity contribution in [2.24, 2.45) is 22.2 Å². The van der Waals surface area contributed by atoms with Crippen molar-refractivity contribution < 1.29 is 4.79 Å². The molecule has 6 nitrogen and oxygen atoms in total. The molecule has 0 aliphatic heterocycles. The van der Waals surface area contributed by atoms with Crippen molar-refractivity contribution in [3.8, 4) is 0 Å². The maximum absolute atomic E-state index is 12.0. The Balaban J connectivity index is 2.52. The van der Waals surface area contributed by atoms with Crippen molar-refractivity contribution in [1.82, 2.24) is 4.57 Å². The van der Waals surface area contributed by atoms with Gasteiger partial charge in [-0.15, -0.1) is 0 Å². The standard InChI is InChI=1S/C13H17N5O/c14-6-3-7-18-10-5-2-1-4-9(10)8-11(18)12(19)17-13(15)16/h1-2,4-5,8H,3,6-7,14H2,(H4,15,16,17,19). The van der Waals surface area contributed by atoms with Gasteiger partial charge in [-0.3, -0.25) is 4.79 Å². The van der Waals surface area contributed by atoms with Crippen molar-refractivity contribution >= 4 is 22.8 Å². The van der Waals surface area contributed by atoms with Gasteiger partial charge in [0.05, 0.1) is 0 Å². The molecule has 1 aromatic carbocycles. The Labute approximate surface area is 110 Å². The van der Waals surface area contributed by atoms with Crippen LogP contribution in [0.4, 0.5) is 0 Å². The first kappa shape index (κ1) is 13.1. The predicted octanol–water partition coefficient (Wildman–Crippen LogP) is 0.404. The van der Waals surface area contributed by atoms with Gasteiger partial charge in [-0.2, -0.15) is 4.99 Å². The zero-order chi connectivity index (χ0) is 13.8. The van der Waals surface area contributed by atoms with Crippen molar-refractivity contribution in [2.45, 2.75) is 13.0 Å². The third-order valence-electron chi connectivity index (χ3n) is 2.85. The fourth-order valence-corrected chi connectivity index (χ4v) is 2.05. The summed E-state index contributed by atoms with van der Waals surface area (Å²) in [4.78, 5) is 15.6. The molecule has 0 aliphatic carbocycles. The summed E-state index contributed by atoms with van der Waals surface area (Å²) in [6.07, 6.45) is 0.779. The third kappa shape index (κ3) is 2.74. The number of aliphatic imine (C=N–C) groups is 1. The van der Waals surface area contributed by atoms with Gasteiger partial charge in [-0.25, -0.2) is 0 Å². The normalized spacial score (nSPS) is 10.6. The largest absolute Gasteiger partial charge is 0.370 e. The van der Waals surface area contributed by atoms with Gasteiger partial charge in [0, 0.05) is 17.4 Å². The van der Waals surface area contributed by atoms with E-state index in [4.69, 9.17) is 17.2 Å². The highest BCUT2D eigenvalue weighted by Gasteiger charge is 2.14. The van der Waals surface area contributed by atoms with E-state index in [1.54, 1.807) is 6.07 Å². The molecule has 0 aliphatic rings. The number of rotatable bonds is 4. The second kappa shape index (κ2) is 5.53. The Kier molecular flexibility index (Phi) is 3.82. The summed E-state index contributed by atoms with van der Waals surface area (Å²) < 4.78 is 1.90. The zero-order valence-electron chi connectivity index (χ0n) is 10.5. The van der Waals surface area contributed by atoms with E-state index in [0.717, 1.165) is 17.3 Å². The summed E-state index contributed by atoms with van der Waals surface area (Å²) >= 11 is 0. The first-order valence-electron chi connectivity index (χ1n) is 6.06. The van der Waals surface area contributed by atoms with E-state index in [9.17, 15) is 4.79 Å². The number of benzene rings is 1. The molecule has 2 rings (SSSR count). The molecule has 0 saturated carbocycles. The smallest absolute Gasteiger partial charge is 0.296 e. The van der Waals surface area contributed by atoms with Crippen LogP contribution in [0.5, 0.6) is 0 Å². The molecule has 0 spiro atoms. The summed E-state index contributed by atoms with van der Waals surface area (Å²) in [6.45, 7) is 1.22. The van der Waals surface area contributed by atoms with Crippen molar-refractivity contribution in [2.75, 3.05) is 6.54 Å². The number of hydrogen-bond acceptors (Lipinski definition) is 2. The van der Waals surface area contributed by atoms with Gasteiger partial charge in [0.15, 0.2) is 5.96 Å². The molecule has 6 heteroatoms. The number of para-hydroxylation sites is 1. The average molecular weight is 259 g/mol. The van der Waals surface area contributed by atoms with E-state index < -0.39 is 5.91 Å². The highest BCUT2D eigenvalue weighted by Crippen LogP contribution is 2.20.